The van der Waals surface area contributed by atoms with Gasteiger partial charge in [0.2, 0.25) is 10.0 Å². The van der Waals surface area contributed by atoms with Crippen molar-refractivity contribution in [3.63, 3.8) is 0 Å². The Morgan fingerprint density at radius 1 is 1.14 bits per heavy atom. The average Bonchev–Trinajstić information content (AvgIpc) is 2.40. The smallest absolute Gasteiger partial charge is 0.243 e. The number of hydrogen-bond donors (Lipinski definition) is 0. The third-order valence-corrected chi connectivity index (χ3v) is 6.20. The van der Waals surface area contributed by atoms with Gasteiger partial charge in [0.05, 0.1) is 11.5 Å². The molecule has 1 aliphatic rings. The third-order valence-electron chi connectivity index (χ3n) is 4.23. The maximum Gasteiger partial charge on any atom is 0.243 e. The summed E-state index contributed by atoms with van der Waals surface area (Å²) in [5.41, 5.74) is 1.76. The molecule has 1 saturated heterocycles. The summed E-state index contributed by atoms with van der Waals surface area (Å²) < 4.78 is 33.3. The molecule has 0 spiro atoms. The predicted octanol–water partition coefficient (Wildman–Crippen LogP) is 3.37. The molecule has 124 valence electrons. The van der Waals surface area contributed by atoms with Crippen LogP contribution >= 0.6 is 0 Å². The van der Waals surface area contributed by atoms with E-state index < -0.39 is 10.0 Å². The van der Waals surface area contributed by atoms with Gasteiger partial charge in [0.15, 0.2) is 0 Å². The fraction of sp³-hybridized carbons (Fsp3) is 0.647. The lowest BCUT2D eigenvalue weighted by molar-refractivity contribution is 0.222. The van der Waals surface area contributed by atoms with Crippen LogP contribution in [0.15, 0.2) is 17.0 Å². The lowest BCUT2D eigenvalue weighted by atomic mass is 9.94. The normalized spacial score (nSPS) is 23.5. The summed E-state index contributed by atoms with van der Waals surface area (Å²) in [6.07, 6.45) is 1.09. The van der Waals surface area contributed by atoms with E-state index in [-0.39, 0.29) is 0 Å². The molecule has 0 amide bonds. The Balaban J connectivity index is 2.42. The van der Waals surface area contributed by atoms with Gasteiger partial charge < -0.3 is 4.74 Å². The molecule has 0 aromatic heterocycles. The minimum Gasteiger partial charge on any atom is -0.494 e. The van der Waals surface area contributed by atoms with Crippen LogP contribution in [0, 0.1) is 25.7 Å². The topological polar surface area (TPSA) is 46.6 Å². The first kappa shape index (κ1) is 17.3. The lowest BCUT2D eigenvalue weighted by Gasteiger charge is -2.34. The van der Waals surface area contributed by atoms with Gasteiger partial charge in [0.1, 0.15) is 5.75 Å². The predicted molar refractivity (Wildman–Crippen MR) is 88.8 cm³/mol. The van der Waals surface area contributed by atoms with E-state index in [4.69, 9.17) is 4.74 Å². The van der Waals surface area contributed by atoms with E-state index in [1.165, 1.54) is 0 Å². The number of benzene rings is 1. The Hall–Kier alpha value is -1.07. The zero-order valence-electron chi connectivity index (χ0n) is 14.2. The van der Waals surface area contributed by atoms with Gasteiger partial charge in [-0.05, 0) is 50.2 Å². The Labute approximate surface area is 134 Å². The summed E-state index contributed by atoms with van der Waals surface area (Å²) in [4.78, 5) is 0.378. The van der Waals surface area contributed by atoms with Gasteiger partial charge in [0.25, 0.3) is 0 Å². The molecule has 5 heteroatoms. The molecule has 1 heterocycles. The number of nitrogens with zero attached hydrogens (tertiary/aromatic N) is 1. The summed E-state index contributed by atoms with van der Waals surface area (Å²) in [7, 11) is -3.46. The Morgan fingerprint density at radius 2 is 1.73 bits per heavy atom. The second-order valence-corrected chi connectivity index (χ2v) is 8.49. The van der Waals surface area contributed by atoms with E-state index in [1.54, 1.807) is 10.4 Å². The fourth-order valence-electron chi connectivity index (χ4n) is 3.34. The van der Waals surface area contributed by atoms with Crippen LogP contribution in [0.3, 0.4) is 0 Å². The second kappa shape index (κ2) is 6.59. The average molecular weight is 325 g/mol. The van der Waals surface area contributed by atoms with Crippen LogP contribution in [0.4, 0.5) is 0 Å². The van der Waals surface area contributed by atoms with Crippen LogP contribution in [0.2, 0.25) is 0 Å². The van der Waals surface area contributed by atoms with Gasteiger partial charge in [-0.25, -0.2) is 8.42 Å². The van der Waals surface area contributed by atoms with Crippen molar-refractivity contribution in [1.29, 1.82) is 0 Å². The van der Waals surface area contributed by atoms with E-state index >= 15 is 0 Å². The van der Waals surface area contributed by atoms with Crippen molar-refractivity contribution in [2.24, 2.45) is 11.8 Å². The SMILES string of the molecule is CCOc1cc(S(=O)(=O)N2C[C@@H](C)C[C@H](C)C2)c(C)cc1C. The molecule has 22 heavy (non-hydrogen) atoms. The highest BCUT2D eigenvalue weighted by Crippen LogP contribution is 2.31. The molecule has 0 saturated carbocycles. The van der Waals surface area contributed by atoms with Crippen molar-refractivity contribution in [3.05, 3.63) is 23.3 Å². The first-order chi connectivity index (χ1) is 10.3. The molecule has 1 aliphatic heterocycles. The zero-order chi connectivity index (χ0) is 16.5. The third kappa shape index (κ3) is 3.46. The van der Waals surface area contributed by atoms with Gasteiger partial charge in [-0.15, -0.1) is 0 Å². The molecule has 2 atom stereocenters. The molecule has 1 aromatic rings. The standard InChI is InChI=1S/C17H27NO3S/c1-6-21-16-9-17(15(5)8-14(16)4)22(19,20)18-10-12(2)7-13(3)11-18/h8-9,12-13H,6-7,10-11H2,1-5H3/t12-,13-/m0/s1. The highest BCUT2D eigenvalue weighted by Gasteiger charge is 2.33. The van der Waals surface area contributed by atoms with E-state index in [0.717, 1.165) is 17.5 Å². The Bertz CT molecular complexity index is 630. The lowest BCUT2D eigenvalue weighted by Crippen LogP contribution is -2.42. The first-order valence-corrected chi connectivity index (χ1v) is 9.43. The highest BCUT2D eigenvalue weighted by molar-refractivity contribution is 7.89. The van der Waals surface area contributed by atoms with E-state index in [1.807, 2.05) is 26.8 Å². The minimum atomic E-state index is -3.46. The van der Waals surface area contributed by atoms with Crippen molar-refractivity contribution in [3.8, 4) is 5.75 Å². The van der Waals surface area contributed by atoms with Crippen LogP contribution < -0.4 is 4.74 Å². The molecule has 1 aromatic carbocycles. The molecule has 2 rings (SSSR count). The van der Waals surface area contributed by atoms with Crippen molar-refractivity contribution < 1.29 is 13.2 Å². The fourth-order valence-corrected chi connectivity index (χ4v) is 5.25. The zero-order valence-corrected chi connectivity index (χ0v) is 15.0. The molecule has 0 N–H and O–H groups in total. The van der Waals surface area contributed by atoms with Gasteiger partial charge in [0, 0.05) is 19.2 Å². The summed E-state index contributed by atoms with van der Waals surface area (Å²) in [6.45, 7) is 11.7. The van der Waals surface area contributed by atoms with Gasteiger partial charge in [-0.2, -0.15) is 4.31 Å². The number of ether oxygens (including phenoxy) is 1. The molecular formula is C17H27NO3S. The van der Waals surface area contributed by atoms with E-state index in [2.05, 4.69) is 13.8 Å². The summed E-state index contributed by atoms with van der Waals surface area (Å²) in [6, 6.07) is 3.59. The van der Waals surface area contributed by atoms with Crippen LogP contribution in [0.1, 0.15) is 38.3 Å². The Kier molecular flexibility index (Phi) is 5.17. The number of aryl methyl sites for hydroxylation is 2. The Morgan fingerprint density at radius 3 is 2.27 bits per heavy atom. The number of hydrogen-bond acceptors (Lipinski definition) is 3. The highest BCUT2D eigenvalue weighted by atomic mass is 32.2. The van der Waals surface area contributed by atoms with Crippen molar-refractivity contribution in [2.75, 3.05) is 19.7 Å². The molecule has 0 radical (unpaired) electrons. The maximum absolute atomic E-state index is 13.0. The van der Waals surface area contributed by atoms with Gasteiger partial charge in [-0.3, -0.25) is 0 Å². The van der Waals surface area contributed by atoms with Crippen molar-refractivity contribution >= 4 is 10.0 Å². The summed E-state index contributed by atoms with van der Waals surface area (Å²) in [5.74, 6) is 1.45. The van der Waals surface area contributed by atoms with Crippen molar-refractivity contribution in [1.82, 2.24) is 4.31 Å². The van der Waals surface area contributed by atoms with Crippen LogP contribution in [0.5, 0.6) is 5.75 Å². The van der Waals surface area contributed by atoms with Crippen LogP contribution in [0.25, 0.3) is 0 Å². The minimum absolute atomic E-state index is 0.378. The first-order valence-electron chi connectivity index (χ1n) is 7.99. The molecule has 0 aliphatic carbocycles. The molecule has 1 fully saturated rings. The number of sulfonamides is 1. The van der Waals surface area contributed by atoms with Crippen LogP contribution in [-0.2, 0) is 10.0 Å². The maximum atomic E-state index is 13.0. The van der Waals surface area contributed by atoms with Gasteiger partial charge in [-0.1, -0.05) is 19.9 Å². The summed E-state index contributed by atoms with van der Waals surface area (Å²) >= 11 is 0. The largest absolute Gasteiger partial charge is 0.494 e. The molecular weight excluding hydrogens is 298 g/mol. The summed E-state index contributed by atoms with van der Waals surface area (Å²) in [5, 5.41) is 0. The van der Waals surface area contributed by atoms with Crippen molar-refractivity contribution in [2.45, 2.75) is 45.9 Å². The molecule has 0 unspecified atom stereocenters. The van der Waals surface area contributed by atoms with Gasteiger partial charge >= 0.3 is 0 Å². The van der Waals surface area contributed by atoms with E-state index in [0.29, 0.717) is 42.2 Å². The van der Waals surface area contributed by atoms with Crippen LogP contribution in [-0.4, -0.2) is 32.4 Å². The number of piperidine rings is 1. The molecule has 4 nitrogen and oxygen atoms in total. The molecule has 0 bridgehead atoms. The quantitative estimate of drug-likeness (QED) is 0.852. The second-order valence-electron chi connectivity index (χ2n) is 6.58. The number of rotatable bonds is 4. The monoisotopic (exact) mass is 325 g/mol. The van der Waals surface area contributed by atoms with E-state index in [9.17, 15) is 8.42 Å².